The van der Waals surface area contributed by atoms with E-state index in [-0.39, 0.29) is 13.1 Å². The molecule has 1 fully saturated rings. The minimum absolute atomic E-state index is 0.256. The average molecular weight is 372 g/mol. The van der Waals surface area contributed by atoms with Crippen LogP contribution in [0, 0.1) is 0 Å². The molecule has 0 bridgehead atoms. The maximum absolute atomic E-state index is 13.3. The van der Waals surface area contributed by atoms with Crippen molar-refractivity contribution in [2.24, 2.45) is 0 Å². The molecule has 26 heavy (non-hydrogen) atoms. The number of piperazine rings is 1. The molecule has 2 aromatic heterocycles. The predicted octanol–water partition coefficient (Wildman–Crippen LogP) is -0.552. The molecule has 1 aliphatic rings. The third-order valence-corrected chi connectivity index (χ3v) is 4.24. The van der Waals surface area contributed by atoms with Gasteiger partial charge in [-0.05, 0) is 12.1 Å². The van der Waals surface area contributed by atoms with E-state index in [4.69, 9.17) is 0 Å². The molecule has 1 saturated heterocycles. The Balaban J connectivity index is 1.64. The van der Waals surface area contributed by atoms with Crippen LogP contribution in [0.3, 0.4) is 0 Å². The molecule has 11 heteroatoms. The van der Waals surface area contributed by atoms with Crippen molar-refractivity contribution >= 4 is 11.6 Å². The smallest absolute Gasteiger partial charge is 0.353 e. The number of aromatic nitrogens is 3. The van der Waals surface area contributed by atoms with Gasteiger partial charge >= 0.3 is 11.9 Å². The summed E-state index contributed by atoms with van der Waals surface area (Å²) in [5.41, 5.74) is -0.162. The first-order chi connectivity index (χ1) is 12.4. The number of carbonyl (C=O) groups is 1. The first kappa shape index (κ1) is 18.4. The van der Waals surface area contributed by atoms with Gasteiger partial charge in [0.05, 0.1) is 0 Å². The van der Waals surface area contributed by atoms with Crippen molar-refractivity contribution in [2.75, 3.05) is 32.7 Å². The predicted molar refractivity (Wildman–Crippen MR) is 86.7 cm³/mol. The highest BCUT2D eigenvalue weighted by Gasteiger charge is 2.43. The summed E-state index contributed by atoms with van der Waals surface area (Å²) in [5, 5.41) is 9.25. The number of halogens is 3. The number of hydrogen-bond donors (Lipinski definition) is 2. The Morgan fingerprint density at radius 2 is 2.04 bits per heavy atom. The zero-order valence-corrected chi connectivity index (χ0v) is 13.9. The van der Waals surface area contributed by atoms with Gasteiger partial charge in [0.1, 0.15) is 12.6 Å². The largest absolute Gasteiger partial charge is 0.405 e. The molecule has 1 atom stereocenters. The molecule has 0 saturated carbocycles. The van der Waals surface area contributed by atoms with Crippen molar-refractivity contribution in [1.82, 2.24) is 29.7 Å². The molecule has 142 valence electrons. The van der Waals surface area contributed by atoms with Gasteiger partial charge in [0.2, 0.25) is 5.91 Å². The maximum Gasteiger partial charge on any atom is 0.405 e. The summed E-state index contributed by atoms with van der Waals surface area (Å²) in [5.74, 6) is -0.695. The fraction of sp³-hybridized carbons (Fsp3) is 0.533. The number of amides is 1. The molecule has 3 heterocycles. The van der Waals surface area contributed by atoms with Gasteiger partial charge in [-0.2, -0.15) is 13.2 Å². The molecule has 2 N–H and O–H groups in total. The van der Waals surface area contributed by atoms with Crippen LogP contribution in [0.15, 0.2) is 29.2 Å². The number of fused-ring (bicyclic) bond motifs is 1. The third kappa shape index (κ3) is 4.05. The lowest BCUT2D eigenvalue weighted by Crippen LogP contribution is -2.57. The van der Waals surface area contributed by atoms with Crippen molar-refractivity contribution in [3.05, 3.63) is 34.9 Å². The maximum atomic E-state index is 13.3. The number of pyridine rings is 1. The lowest BCUT2D eigenvalue weighted by molar-refractivity contribution is -0.184. The number of nitrogens with one attached hydrogen (secondary N) is 2. The summed E-state index contributed by atoms with van der Waals surface area (Å²) in [6.45, 7) is 0.448. The SMILES string of the molecule is O=C(Cn1nc2ccccn2c1=O)NCC(N1CCNCC1)C(F)(F)F. The monoisotopic (exact) mass is 372 g/mol. The van der Waals surface area contributed by atoms with Crippen LogP contribution in [0.5, 0.6) is 0 Å². The lowest BCUT2D eigenvalue weighted by atomic mass is 10.2. The average Bonchev–Trinajstić information content (AvgIpc) is 2.91. The van der Waals surface area contributed by atoms with E-state index in [0.717, 1.165) is 4.68 Å². The Morgan fingerprint density at radius 1 is 1.31 bits per heavy atom. The van der Waals surface area contributed by atoms with E-state index in [2.05, 4.69) is 15.7 Å². The van der Waals surface area contributed by atoms with Gasteiger partial charge in [-0.1, -0.05) is 6.07 Å². The Morgan fingerprint density at radius 3 is 2.69 bits per heavy atom. The minimum atomic E-state index is -4.45. The Kier molecular flexibility index (Phi) is 5.28. The third-order valence-electron chi connectivity index (χ3n) is 4.24. The first-order valence-corrected chi connectivity index (χ1v) is 8.18. The fourth-order valence-corrected chi connectivity index (χ4v) is 2.92. The van der Waals surface area contributed by atoms with Crippen LogP contribution in [-0.4, -0.2) is 69.9 Å². The summed E-state index contributed by atoms with van der Waals surface area (Å²) in [4.78, 5) is 25.4. The zero-order chi connectivity index (χ0) is 18.7. The van der Waals surface area contributed by atoms with Gasteiger partial charge in [-0.25, -0.2) is 9.48 Å². The molecular formula is C15H19F3N6O2. The second kappa shape index (κ2) is 7.46. The standard InChI is InChI=1S/C15H19F3N6O2/c16-15(17,18)11(22-7-4-19-5-8-22)9-20-13(25)10-24-14(26)23-6-2-1-3-12(23)21-24/h1-3,6,11,19H,4-5,7-10H2,(H,20,25). The highest BCUT2D eigenvalue weighted by Crippen LogP contribution is 2.24. The van der Waals surface area contributed by atoms with Crippen molar-refractivity contribution in [3.63, 3.8) is 0 Å². The van der Waals surface area contributed by atoms with Crippen LogP contribution in [0.25, 0.3) is 5.65 Å². The molecule has 0 aromatic carbocycles. The van der Waals surface area contributed by atoms with Crippen LogP contribution in [-0.2, 0) is 11.3 Å². The van der Waals surface area contributed by atoms with E-state index in [0.29, 0.717) is 18.7 Å². The fourth-order valence-electron chi connectivity index (χ4n) is 2.92. The van der Waals surface area contributed by atoms with Crippen molar-refractivity contribution < 1.29 is 18.0 Å². The molecule has 0 radical (unpaired) electrons. The van der Waals surface area contributed by atoms with E-state index >= 15 is 0 Å². The quantitative estimate of drug-likeness (QED) is 0.736. The molecule has 0 spiro atoms. The number of alkyl halides is 3. The van der Waals surface area contributed by atoms with Crippen LogP contribution in [0.2, 0.25) is 0 Å². The number of nitrogens with zero attached hydrogens (tertiary/aromatic N) is 4. The highest BCUT2D eigenvalue weighted by molar-refractivity contribution is 5.75. The second-order valence-electron chi connectivity index (χ2n) is 6.02. The Labute approximate surface area is 146 Å². The van der Waals surface area contributed by atoms with E-state index in [1.54, 1.807) is 18.2 Å². The van der Waals surface area contributed by atoms with Gasteiger partial charge in [-0.15, -0.1) is 5.10 Å². The summed E-state index contributed by atoms with van der Waals surface area (Å²) in [6.07, 6.45) is -2.95. The molecule has 8 nitrogen and oxygen atoms in total. The van der Waals surface area contributed by atoms with E-state index < -0.39 is 36.9 Å². The van der Waals surface area contributed by atoms with Crippen molar-refractivity contribution in [2.45, 2.75) is 18.8 Å². The zero-order valence-electron chi connectivity index (χ0n) is 13.9. The van der Waals surface area contributed by atoms with Gasteiger partial charge in [-0.3, -0.25) is 14.1 Å². The summed E-state index contributed by atoms with van der Waals surface area (Å²) in [7, 11) is 0. The normalized spacial score (nSPS) is 17.3. The van der Waals surface area contributed by atoms with Crippen LogP contribution < -0.4 is 16.3 Å². The van der Waals surface area contributed by atoms with Gasteiger partial charge < -0.3 is 10.6 Å². The minimum Gasteiger partial charge on any atom is -0.353 e. The van der Waals surface area contributed by atoms with Crippen LogP contribution in [0.1, 0.15) is 0 Å². The number of hydrogen-bond acceptors (Lipinski definition) is 5. The van der Waals surface area contributed by atoms with Crippen LogP contribution >= 0.6 is 0 Å². The Hall–Kier alpha value is -2.40. The van der Waals surface area contributed by atoms with Crippen molar-refractivity contribution in [3.8, 4) is 0 Å². The number of carbonyl (C=O) groups excluding carboxylic acids is 1. The van der Waals surface area contributed by atoms with Gasteiger partial charge in [0.15, 0.2) is 5.65 Å². The first-order valence-electron chi connectivity index (χ1n) is 8.18. The van der Waals surface area contributed by atoms with Gasteiger partial charge in [0, 0.05) is 38.9 Å². The lowest BCUT2D eigenvalue weighted by Gasteiger charge is -2.35. The molecule has 1 unspecified atom stereocenters. The summed E-state index contributed by atoms with van der Waals surface area (Å²) >= 11 is 0. The Bertz CT molecular complexity index is 825. The molecule has 2 aromatic rings. The van der Waals surface area contributed by atoms with E-state index in [9.17, 15) is 22.8 Å². The van der Waals surface area contributed by atoms with E-state index in [1.807, 2.05) is 0 Å². The second-order valence-corrected chi connectivity index (χ2v) is 6.02. The summed E-state index contributed by atoms with van der Waals surface area (Å²) < 4.78 is 42.1. The molecule has 0 aliphatic carbocycles. The van der Waals surface area contributed by atoms with Gasteiger partial charge in [0.25, 0.3) is 0 Å². The van der Waals surface area contributed by atoms with Crippen molar-refractivity contribution in [1.29, 1.82) is 0 Å². The van der Waals surface area contributed by atoms with E-state index in [1.165, 1.54) is 15.5 Å². The number of rotatable bonds is 5. The summed E-state index contributed by atoms with van der Waals surface area (Å²) in [6, 6.07) is 3.17. The molecule has 1 aliphatic heterocycles. The molecule has 3 rings (SSSR count). The molecular weight excluding hydrogens is 353 g/mol. The van der Waals surface area contributed by atoms with Crippen LogP contribution in [0.4, 0.5) is 13.2 Å². The highest BCUT2D eigenvalue weighted by atomic mass is 19.4. The topological polar surface area (TPSA) is 83.7 Å². The molecule has 1 amide bonds.